The van der Waals surface area contributed by atoms with E-state index < -0.39 is 0 Å². The molecule has 3 aromatic rings. The van der Waals surface area contributed by atoms with Gasteiger partial charge in [-0.25, -0.2) is 14.8 Å². The molecule has 0 spiro atoms. The maximum Gasteiger partial charge on any atom is 0.322 e. The lowest BCUT2D eigenvalue weighted by atomic mass is 10.0. The predicted molar refractivity (Wildman–Crippen MR) is 115 cm³/mol. The summed E-state index contributed by atoms with van der Waals surface area (Å²) in [6.45, 7) is 0.652. The van der Waals surface area contributed by atoms with Gasteiger partial charge in [0.25, 0.3) is 5.91 Å². The third-order valence-electron chi connectivity index (χ3n) is 4.94. The molecule has 1 aliphatic rings. The van der Waals surface area contributed by atoms with Crippen molar-refractivity contribution >= 4 is 35.0 Å². The van der Waals surface area contributed by atoms with E-state index in [0.29, 0.717) is 28.6 Å². The van der Waals surface area contributed by atoms with Gasteiger partial charge in [0.2, 0.25) is 0 Å². The van der Waals surface area contributed by atoms with Crippen LogP contribution in [0.2, 0.25) is 5.02 Å². The smallest absolute Gasteiger partial charge is 0.322 e. The number of pyridine rings is 1. The van der Waals surface area contributed by atoms with Gasteiger partial charge in [0.15, 0.2) is 0 Å². The third-order valence-corrected chi connectivity index (χ3v) is 5.17. The number of H-pyrrole nitrogens is 1. The number of amides is 3. The Labute approximate surface area is 178 Å². The third kappa shape index (κ3) is 4.60. The molecule has 0 saturated carbocycles. The highest BCUT2D eigenvalue weighted by atomic mass is 35.5. The summed E-state index contributed by atoms with van der Waals surface area (Å²) in [6.07, 6.45) is 7.76. The molecule has 3 heterocycles. The molecule has 3 amide bonds. The predicted octanol–water partition coefficient (Wildman–Crippen LogP) is 4.47. The highest BCUT2D eigenvalue weighted by molar-refractivity contribution is 6.30. The Morgan fingerprint density at radius 3 is 2.80 bits per heavy atom. The summed E-state index contributed by atoms with van der Waals surface area (Å²) >= 11 is 5.82. The summed E-state index contributed by atoms with van der Waals surface area (Å²) < 4.78 is 0. The van der Waals surface area contributed by atoms with Crippen molar-refractivity contribution in [2.24, 2.45) is 0 Å². The van der Waals surface area contributed by atoms with Crippen LogP contribution >= 0.6 is 11.6 Å². The van der Waals surface area contributed by atoms with Crippen LogP contribution < -0.4 is 10.6 Å². The van der Waals surface area contributed by atoms with Gasteiger partial charge in [-0.3, -0.25) is 4.79 Å². The molecule has 1 atom stereocenters. The summed E-state index contributed by atoms with van der Waals surface area (Å²) in [6, 6.07) is 9.75. The molecule has 2 aromatic heterocycles. The number of urea groups is 1. The monoisotopic (exact) mass is 424 g/mol. The van der Waals surface area contributed by atoms with E-state index in [-0.39, 0.29) is 18.0 Å². The maximum atomic E-state index is 12.9. The van der Waals surface area contributed by atoms with E-state index in [1.54, 1.807) is 53.7 Å². The Bertz CT molecular complexity index is 1020. The molecule has 30 heavy (non-hydrogen) atoms. The van der Waals surface area contributed by atoms with Gasteiger partial charge in [-0.15, -0.1) is 0 Å². The van der Waals surface area contributed by atoms with E-state index >= 15 is 0 Å². The molecular weight excluding hydrogens is 404 g/mol. The number of hydrogen-bond acceptors (Lipinski definition) is 4. The largest absolute Gasteiger partial charge is 0.347 e. The molecule has 4 rings (SSSR count). The first kappa shape index (κ1) is 19.9. The van der Waals surface area contributed by atoms with Crippen molar-refractivity contribution in [2.45, 2.75) is 25.3 Å². The number of nitrogens with one attached hydrogen (secondary N) is 3. The lowest BCUT2D eigenvalue weighted by molar-refractivity contribution is 0.102. The van der Waals surface area contributed by atoms with Gasteiger partial charge in [-0.05, 0) is 49.6 Å². The Morgan fingerprint density at radius 2 is 2.03 bits per heavy atom. The fraction of sp³-hybridized carbons (Fsp3) is 0.238. The molecule has 1 saturated heterocycles. The van der Waals surface area contributed by atoms with Crippen molar-refractivity contribution in [1.82, 2.24) is 19.9 Å². The highest BCUT2D eigenvalue weighted by Gasteiger charge is 2.29. The van der Waals surface area contributed by atoms with E-state index in [0.717, 1.165) is 25.1 Å². The van der Waals surface area contributed by atoms with Crippen LogP contribution in [0.25, 0.3) is 0 Å². The van der Waals surface area contributed by atoms with E-state index in [1.165, 1.54) is 6.20 Å². The molecule has 9 heteroatoms. The Hall–Kier alpha value is -3.39. The minimum atomic E-state index is -0.327. The van der Waals surface area contributed by atoms with Gasteiger partial charge in [-0.1, -0.05) is 17.7 Å². The Kier molecular flexibility index (Phi) is 5.94. The fourth-order valence-electron chi connectivity index (χ4n) is 3.49. The van der Waals surface area contributed by atoms with Crippen LogP contribution in [-0.4, -0.2) is 38.3 Å². The van der Waals surface area contributed by atoms with E-state index in [4.69, 9.17) is 11.6 Å². The fourth-order valence-corrected chi connectivity index (χ4v) is 3.60. The van der Waals surface area contributed by atoms with Crippen molar-refractivity contribution in [3.8, 4) is 0 Å². The highest BCUT2D eigenvalue weighted by Crippen LogP contribution is 2.29. The number of aromatic amines is 1. The Morgan fingerprint density at radius 1 is 1.13 bits per heavy atom. The normalized spacial score (nSPS) is 16.2. The standard InChI is InChI=1S/C21H21ClN6O2/c22-15-7-8-18(25-13-15)27-20(29)14-4-3-5-16(12-14)26-21(30)28-11-2-1-6-17(28)19-23-9-10-24-19/h3-5,7-10,12-13,17H,1-2,6,11H2,(H,23,24)(H,26,30)(H,25,27,29). The first-order valence-electron chi connectivity index (χ1n) is 9.70. The number of halogens is 1. The average Bonchev–Trinajstić information content (AvgIpc) is 3.30. The number of anilines is 2. The van der Waals surface area contributed by atoms with Crippen molar-refractivity contribution in [1.29, 1.82) is 0 Å². The quantitative estimate of drug-likeness (QED) is 0.574. The van der Waals surface area contributed by atoms with E-state index in [2.05, 4.69) is 25.6 Å². The summed E-state index contributed by atoms with van der Waals surface area (Å²) in [4.78, 5) is 38.7. The van der Waals surface area contributed by atoms with Gasteiger partial charge in [0.05, 0.1) is 11.1 Å². The zero-order valence-electron chi connectivity index (χ0n) is 16.1. The lowest BCUT2D eigenvalue weighted by Crippen LogP contribution is -2.41. The second-order valence-electron chi connectivity index (χ2n) is 7.01. The van der Waals surface area contributed by atoms with Gasteiger partial charge in [0, 0.05) is 36.4 Å². The molecule has 1 aromatic carbocycles. The van der Waals surface area contributed by atoms with Crippen LogP contribution in [0.1, 0.15) is 41.5 Å². The number of carbonyl (C=O) groups excluding carboxylic acids is 2. The topological polar surface area (TPSA) is 103 Å². The first-order chi connectivity index (χ1) is 14.6. The molecule has 0 radical (unpaired) electrons. The van der Waals surface area contributed by atoms with Crippen LogP contribution in [0.4, 0.5) is 16.3 Å². The van der Waals surface area contributed by atoms with Crippen LogP contribution in [-0.2, 0) is 0 Å². The number of rotatable bonds is 4. The number of carbonyl (C=O) groups is 2. The zero-order valence-corrected chi connectivity index (χ0v) is 16.9. The number of likely N-dealkylation sites (tertiary alicyclic amines) is 1. The van der Waals surface area contributed by atoms with Crippen molar-refractivity contribution < 1.29 is 9.59 Å². The van der Waals surface area contributed by atoms with Crippen molar-refractivity contribution in [3.05, 3.63) is 71.4 Å². The minimum absolute atomic E-state index is 0.0868. The molecule has 0 aliphatic carbocycles. The van der Waals surface area contributed by atoms with E-state index in [9.17, 15) is 9.59 Å². The van der Waals surface area contributed by atoms with Gasteiger partial charge in [-0.2, -0.15) is 0 Å². The molecule has 8 nitrogen and oxygen atoms in total. The number of hydrogen-bond donors (Lipinski definition) is 3. The number of benzene rings is 1. The number of nitrogens with zero attached hydrogens (tertiary/aromatic N) is 3. The SMILES string of the molecule is O=C(Nc1ccc(Cl)cn1)c1cccc(NC(=O)N2CCCCC2c2ncc[nH]2)c1. The average molecular weight is 425 g/mol. The molecule has 0 bridgehead atoms. The molecule has 1 fully saturated rings. The maximum absolute atomic E-state index is 12.9. The summed E-state index contributed by atoms with van der Waals surface area (Å²) in [5, 5.41) is 6.10. The summed E-state index contributed by atoms with van der Waals surface area (Å²) in [5.41, 5.74) is 0.950. The first-order valence-corrected chi connectivity index (χ1v) is 10.1. The minimum Gasteiger partial charge on any atom is -0.347 e. The Balaban J connectivity index is 1.45. The van der Waals surface area contributed by atoms with Gasteiger partial charge >= 0.3 is 6.03 Å². The lowest BCUT2D eigenvalue weighted by Gasteiger charge is -2.34. The van der Waals surface area contributed by atoms with Gasteiger partial charge < -0.3 is 20.5 Å². The number of aromatic nitrogens is 3. The molecular formula is C21H21ClN6O2. The van der Waals surface area contributed by atoms with Crippen molar-refractivity contribution in [3.63, 3.8) is 0 Å². The van der Waals surface area contributed by atoms with Crippen molar-refractivity contribution in [2.75, 3.05) is 17.2 Å². The van der Waals surface area contributed by atoms with Crippen LogP contribution in [0.15, 0.2) is 55.0 Å². The second kappa shape index (κ2) is 8.96. The molecule has 1 aliphatic heterocycles. The summed E-state index contributed by atoms with van der Waals surface area (Å²) in [5.74, 6) is 0.856. The van der Waals surface area contributed by atoms with Gasteiger partial charge in [0.1, 0.15) is 11.6 Å². The van der Waals surface area contributed by atoms with Crippen LogP contribution in [0.3, 0.4) is 0 Å². The van der Waals surface area contributed by atoms with Crippen LogP contribution in [0.5, 0.6) is 0 Å². The summed E-state index contributed by atoms with van der Waals surface area (Å²) in [7, 11) is 0. The van der Waals surface area contributed by atoms with Crippen LogP contribution in [0, 0.1) is 0 Å². The molecule has 154 valence electrons. The number of imidazole rings is 1. The second-order valence-corrected chi connectivity index (χ2v) is 7.44. The van der Waals surface area contributed by atoms with E-state index in [1.807, 2.05) is 0 Å². The molecule has 3 N–H and O–H groups in total. The number of piperidine rings is 1. The zero-order chi connectivity index (χ0) is 20.9. The molecule has 1 unspecified atom stereocenters.